The SMILES string of the molecule is Nc1ncnc2c1c(-c1ccc(Oc3ccccc3)cc1)nn2[C@@H]1CCCN(CCSc2cccc3c2CN(C2CCC(=O)NC2=O)C3=O)C1. The van der Waals surface area contributed by atoms with Gasteiger partial charge in [-0.3, -0.25) is 19.7 Å². The molecule has 0 spiro atoms. The van der Waals surface area contributed by atoms with E-state index in [1.165, 1.54) is 6.33 Å². The van der Waals surface area contributed by atoms with Crippen molar-refractivity contribution in [1.29, 1.82) is 0 Å². The number of rotatable bonds is 9. The van der Waals surface area contributed by atoms with Crippen molar-refractivity contribution in [2.75, 3.05) is 31.1 Å². The van der Waals surface area contributed by atoms with Gasteiger partial charge in [-0.15, -0.1) is 11.8 Å². The molecule has 3 aliphatic heterocycles. The molecule has 254 valence electrons. The number of carbonyl (C=O) groups is 3. The molecule has 12 nitrogen and oxygen atoms in total. The van der Waals surface area contributed by atoms with Gasteiger partial charge >= 0.3 is 0 Å². The van der Waals surface area contributed by atoms with Crippen LogP contribution < -0.4 is 15.8 Å². The van der Waals surface area contributed by atoms with E-state index in [9.17, 15) is 14.4 Å². The Hall–Kier alpha value is -5.27. The smallest absolute Gasteiger partial charge is 0.255 e. The van der Waals surface area contributed by atoms with Gasteiger partial charge < -0.3 is 20.3 Å². The van der Waals surface area contributed by atoms with Gasteiger partial charge in [0.15, 0.2) is 5.65 Å². The number of fused-ring (bicyclic) bond motifs is 2. The monoisotopic (exact) mass is 688 g/mol. The van der Waals surface area contributed by atoms with Gasteiger partial charge in [0.25, 0.3) is 5.91 Å². The van der Waals surface area contributed by atoms with Crippen LogP contribution in [0, 0.1) is 0 Å². The van der Waals surface area contributed by atoms with Crippen LogP contribution in [-0.4, -0.2) is 78.7 Å². The second-order valence-corrected chi connectivity index (χ2v) is 14.0. The Balaban J connectivity index is 0.949. The number of anilines is 1. The summed E-state index contributed by atoms with van der Waals surface area (Å²) >= 11 is 1.73. The highest BCUT2D eigenvalue weighted by Crippen LogP contribution is 2.37. The number of carbonyl (C=O) groups excluding carboxylic acids is 3. The molecule has 5 heterocycles. The minimum absolute atomic E-state index is 0.112. The second kappa shape index (κ2) is 13.6. The van der Waals surface area contributed by atoms with Crippen molar-refractivity contribution in [2.45, 2.75) is 49.2 Å². The molecule has 3 aromatic carbocycles. The molecule has 3 amide bonds. The van der Waals surface area contributed by atoms with Crippen LogP contribution in [0.4, 0.5) is 5.82 Å². The average molecular weight is 689 g/mol. The van der Waals surface area contributed by atoms with E-state index in [4.69, 9.17) is 15.6 Å². The summed E-state index contributed by atoms with van der Waals surface area (Å²) in [5.41, 5.74) is 10.4. The van der Waals surface area contributed by atoms with Crippen LogP contribution in [0.15, 0.2) is 84.0 Å². The fourth-order valence-corrected chi connectivity index (χ4v) is 8.26. The van der Waals surface area contributed by atoms with E-state index in [0.717, 1.165) is 82.5 Å². The highest BCUT2D eigenvalue weighted by Gasteiger charge is 2.40. The van der Waals surface area contributed by atoms with Gasteiger partial charge in [-0.1, -0.05) is 24.3 Å². The van der Waals surface area contributed by atoms with Gasteiger partial charge in [-0.05, 0) is 79.9 Å². The van der Waals surface area contributed by atoms with E-state index in [1.54, 1.807) is 16.7 Å². The molecule has 0 aliphatic carbocycles. The van der Waals surface area contributed by atoms with E-state index in [-0.39, 0.29) is 24.3 Å². The number of nitrogen functional groups attached to an aromatic ring is 1. The van der Waals surface area contributed by atoms with Crippen LogP contribution in [0.5, 0.6) is 11.5 Å². The highest BCUT2D eigenvalue weighted by molar-refractivity contribution is 7.99. The number of nitrogens with zero attached hydrogens (tertiary/aromatic N) is 6. The van der Waals surface area contributed by atoms with Crippen molar-refractivity contribution >= 4 is 46.3 Å². The fraction of sp³-hybridized carbons (Fsp3) is 0.297. The maximum absolute atomic E-state index is 13.3. The first-order valence-corrected chi connectivity index (χ1v) is 17.9. The Morgan fingerprint density at radius 2 is 1.76 bits per heavy atom. The summed E-state index contributed by atoms with van der Waals surface area (Å²) in [6.45, 7) is 3.04. The van der Waals surface area contributed by atoms with Crippen molar-refractivity contribution in [3.63, 3.8) is 0 Å². The normalized spacial score (nSPS) is 19.5. The van der Waals surface area contributed by atoms with Gasteiger partial charge in [0.05, 0.1) is 11.4 Å². The van der Waals surface area contributed by atoms with Crippen LogP contribution in [-0.2, 0) is 16.1 Å². The van der Waals surface area contributed by atoms with Crippen molar-refractivity contribution in [2.24, 2.45) is 0 Å². The number of benzene rings is 3. The van der Waals surface area contributed by atoms with E-state index in [1.807, 2.05) is 77.5 Å². The molecule has 1 unspecified atom stereocenters. The number of ether oxygens (including phenoxy) is 1. The molecule has 2 aromatic heterocycles. The number of imide groups is 1. The Morgan fingerprint density at radius 1 is 0.940 bits per heavy atom. The lowest BCUT2D eigenvalue weighted by Crippen LogP contribution is -2.52. The summed E-state index contributed by atoms with van der Waals surface area (Å²) in [5, 5.41) is 8.22. The third-order valence-corrected chi connectivity index (χ3v) is 10.7. The quantitative estimate of drug-likeness (QED) is 0.159. The standard InChI is InChI=1S/C37H36N8O4S/c38-34-32-33(23-11-13-26(14-12-23)49-25-7-2-1-3-8-25)42-45(35(32)40-22-39-34)24-6-5-17-43(20-24)18-19-50-30-10-4-9-27-28(30)21-44(37(27)48)29-15-16-31(46)41-36(29)47/h1-4,7-14,22,24,29H,5-6,15-21H2,(H2,38,39,40)(H,41,46,47)/t24-,29?/m1/s1. The molecule has 5 aromatic rings. The molecule has 50 heavy (non-hydrogen) atoms. The first-order valence-electron chi connectivity index (χ1n) is 16.9. The van der Waals surface area contributed by atoms with E-state index in [0.29, 0.717) is 24.3 Å². The lowest BCUT2D eigenvalue weighted by Gasteiger charge is -2.32. The molecule has 2 atom stereocenters. The van der Waals surface area contributed by atoms with E-state index >= 15 is 0 Å². The third-order valence-electron chi connectivity index (χ3n) is 9.66. The van der Waals surface area contributed by atoms with Crippen molar-refractivity contribution in [3.8, 4) is 22.8 Å². The Kier molecular flexibility index (Phi) is 8.67. The molecular formula is C37H36N8O4S. The van der Waals surface area contributed by atoms with Crippen LogP contribution in [0.3, 0.4) is 0 Å². The molecule has 3 N–H and O–H groups in total. The number of nitrogens with one attached hydrogen (secondary N) is 1. The third kappa shape index (κ3) is 6.18. The van der Waals surface area contributed by atoms with Gasteiger partial charge in [0, 0.05) is 47.8 Å². The minimum Gasteiger partial charge on any atom is -0.457 e. The molecule has 2 saturated heterocycles. The lowest BCUT2D eigenvalue weighted by atomic mass is 10.0. The van der Waals surface area contributed by atoms with Gasteiger partial charge in [0.1, 0.15) is 35.4 Å². The number of amides is 3. The maximum atomic E-state index is 13.3. The average Bonchev–Trinajstić information content (AvgIpc) is 3.69. The predicted molar refractivity (Wildman–Crippen MR) is 190 cm³/mol. The Bertz CT molecular complexity index is 2090. The summed E-state index contributed by atoms with van der Waals surface area (Å²) in [4.78, 5) is 51.5. The summed E-state index contributed by atoms with van der Waals surface area (Å²) in [5.74, 6) is 1.91. The van der Waals surface area contributed by atoms with Crippen molar-refractivity contribution in [3.05, 3.63) is 90.3 Å². The van der Waals surface area contributed by atoms with Crippen LogP contribution >= 0.6 is 11.8 Å². The first-order chi connectivity index (χ1) is 24.4. The summed E-state index contributed by atoms with van der Waals surface area (Å²) < 4.78 is 8.02. The number of aromatic nitrogens is 4. The number of likely N-dealkylation sites (tertiary alicyclic amines) is 1. The van der Waals surface area contributed by atoms with Crippen molar-refractivity contribution < 1.29 is 19.1 Å². The summed E-state index contributed by atoms with van der Waals surface area (Å²) in [6.07, 6.45) is 4.08. The number of para-hydroxylation sites is 1. The van der Waals surface area contributed by atoms with Gasteiger partial charge in [0.2, 0.25) is 11.8 Å². The highest BCUT2D eigenvalue weighted by atomic mass is 32.2. The number of hydrogen-bond donors (Lipinski definition) is 2. The topological polar surface area (TPSA) is 149 Å². The molecule has 8 rings (SSSR count). The number of nitrogens with two attached hydrogens (primary N) is 1. The zero-order valence-electron chi connectivity index (χ0n) is 27.3. The number of thioether (sulfide) groups is 1. The molecule has 0 bridgehead atoms. The van der Waals surface area contributed by atoms with Crippen LogP contribution in [0.2, 0.25) is 0 Å². The van der Waals surface area contributed by atoms with Crippen molar-refractivity contribution in [1.82, 2.24) is 34.9 Å². The summed E-state index contributed by atoms with van der Waals surface area (Å²) in [7, 11) is 0. The predicted octanol–water partition coefficient (Wildman–Crippen LogP) is 5.06. The summed E-state index contributed by atoms with van der Waals surface area (Å²) in [6, 6.07) is 22.8. The number of piperidine rings is 2. The Morgan fingerprint density at radius 3 is 2.58 bits per heavy atom. The fourth-order valence-electron chi connectivity index (χ4n) is 7.17. The molecule has 3 aliphatic rings. The number of hydrogen-bond acceptors (Lipinski definition) is 10. The van der Waals surface area contributed by atoms with Gasteiger partial charge in [-0.25, -0.2) is 14.6 Å². The Labute approximate surface area is 293 Å². The van der Waals surface area contributed by atoms with E-state index in [2.05, 4.69) is 20.2 Å². The molecule has 0 radical (unpaired) electrons. The zero-order valence-corrected chi connectivity index (χ0v) is 28.1. The minimum atomic E-state index is -0.622. The van der Waals surface area contributed by atoms with Crippen LogP contribution in [0.1, 0.15) is 47.6 Å². The molecule has 13 heteroatoms. The zero-order chi connectivity index (χ0) is 34.2. The lowest BCUT2D eigenvalue weighted by molar-refractivity contribution is -0.136. The first kappa shape index (κ1) is 32.0. The molecular weight excluding hydrogens is 653 g/mol. The van der Waals surface area contributed by atoms with Crippen LogP contribution in [0.25, 0.3) is 22.3 Å². The van der Waals surface area contributed by atoms with Gasteiger partial charge in [-0.2, -0.15) is 5.10 Å². The van der Waals surface area contributed by atoms with E-state index < -0.39 is 11.9 Å². The molecule has 2 fully saturated rings. The molecule has 0 saturated carbocycles. The maximum Gasteiger partial charge on any atom is 0.255 e. The second-order valence-electron chi connectivity index (χ2n) is 12.8. The largest absolute Gasteiger partial charge is 0.457 e.